The van der Waals surface area contributed by atoms with E-state index in [2.05, 4.69) is 65.1 Å². The maximum atomic E-state index is 6.31. The van der Waals surface area contributed by atoms with E-state index in [0.29, 0.717) is 5.82 Å². The van der Waals surface area contributed by atoms with Gasteiger partial charge in [0.05, 0.1) is 5.52 Å². The lowest BCUT2D eigenvalue weighted by Crippen LogP contribution is -2.24. The molecule has 0 aliphatic heterocycles. The van der Waals surface area contributed by atoms with Crippen molar-refractivity contribution in [2.24, 2.45) is 0 Å². The zero-order chi connectivity index (χ0) is 20.4. The lowest BCUT2D eigenvalue weighted by Gasteiger charge is -2.16. The standard InChI is InChI=1S/C23H26N6/c1-4-6-20-27-21-22(29(20)28-15(2)3)18-11-10-16(13-19(18)26-23(21)24)8-9-17-7-5-12-25-14-17/h5,7-15,28H,4,6H2,1-3H3,(H2,24,26). The summed E-state index contributed by atoms with van der Waals surface area (Å²) in [7, 11) is 0. The predicted octanol–water partition coefficient (Wildman–Crippen LogP) is 4.64. The lowest BCUT2D eigenvalue weighted by atomic mass is 10.1. The van der Waals surface area contributed by atoms with Crippen molar-refractivity contribution in [1.29, 1.82) is 0 Å². The smallest absolute Gasteiger partial charge is 0.152 e. The molecule has 0 atom stereocenters. The molecular weight excluding hydrogens is 360 g/mol. The normalized spacial score (nSPS) is 11.9. The van der Waals surface area contributed by atoms with Gasteiger partial charge in [-0.25, -0.2) is 14.6 Å². The van der Waals surface area contributed by atoms with Gasteiger partial charge in [0.25, 0.3) is 0 Å². The second-order valence-corrected chi connectivity index (χ2v) is 7.49. The van der Waals surface area contributed by atoms with Crippen molar-refractivity contribution >= 4 is 39.9 Å². The highest BCUT2D eigenvalue weighted by Crippen LogP contribution is 2.29. The van der Waals surface area contributed by atoms with Crippen LogP contribution in [-0.4, -0.2) is 25.7 Å². The monoisotopic (exact) mass is 386 g/mol. The number of rotatable bonds is 6. The Morgan fingerprint density at radius 2 is 1.97 bits per heavy atom. The van der Waals surface area contributed by atoms with Gasteiger partial charge in [0, 0.05) is 30.2 Å². The first-order chi connectivity index (χ1) is 14.1. The average molecular weight is 387 g/mol. The Kier molecular flexibility index (Phi) is 5.16. The summed E-state index contributed by atoms with van der Waals surface area (Å²) in [6.07, 6.45) is 9.60. The van der Waals surface area contributed by atoms with Gasteiger partial charge < -0.3 is 11.2 Å². The van der Waals surface area contributed by atoms with Crippen molar-refractivity contribution in [3.63, 3.8) is 0 Å². The minimum absolute atomic E-state index is 0.272. The number of pyridine rings is 2. The van der Waals surface area contributed by atoms with Crippen molar-refractivity contribution in [2.75, 3.05) is 11.2 Å². The van der Waals surface area contributed by atoms with Gasteiger partial charge in [0.15, 0.2) is 5.82 Å². The molecule has 4 rings (SSSR count). The summed E-state index contributed by atoms with van der Waals surface area (Å²) >= 11 is 0. The second-order valence-electron chi connectivity index (χ2n) is 7.49. The van der Waals surface area contributed by atoms with Crippen molar-refractivity contribution in [2.45, 2.75) is 39.7 Å². The highest BCUT2D eigenvalue weighted by Gasteiger charge is 2.17. The van der Waals surface area contributed by atoms with Crippen LogP contribution in [0.3, 0.4) is 0 Å². The SMILES string of the molecule is CCCc1nc2c(N)nc3cc(C=Cc4cccnc4)ccc3c2n1NC(C)C. The third kappa shape index (κ3) is 3.78. The summed E-state index contributed by atoms with van der Waals surface area (Å²) in [5.41, 5.74) is 14.5. The number of hydrogen-bond donors (Lipinski definition) is 2. The van der Waals surface area contributed by atoms with Crippen molar-refractivity contribution in [3.8, 4) is 0 Å². The van der Waals surface area contributed by atoms with Crippen molar-refractivity contribution in [3.05, 3.63) is 59.7 Å². The third-order valence-corrected chi connectivity index (χ3v) is 4.72. The van der Waals surface area contributed by atoms with Crippen LogP contribution < -0.4 is 11.2 Å². The molecule has 0 bridgehead atoms. The second kappa shape index (κ2) is 7.91. The third-order valence-electron chi connectivity index (χ3n) is 4.72. The molecule has 1 aromatic carbocycles. The molecule has 3 heterocycles. The van der Waals surface area contributed by atoms with E-state index in [4.69, 9.17) is 10.7 Å². The number of fused-ring (bicyclic) bond motifs is 3. The summed E-state index contributed by atoms with van der Waals surface area (Å²) in [6.45, 7) is 6.39. The first kappa shape index (κ1) is 18.9. The van der Waals surface area contributed by atoms with E-state index in [1.807, 2.05) is 24.4 Å². The number of aromatic nitrogens is 4. The van der Waals surface area contributed by atoms with Crippen LogP contribution in [0, 0.1) is 0 Å². The van der Waals surface area contributed by atoms with Crippen LogP contribution >= 0.6 is 0 Å². The highest BCUT2D eigenvalue weighted by atomic mass is 15.4. The molecule has 148 valence electrons. The number of nitrogen functional groups attached to an aromatic ring is 1. The number of nitrogens with zero attached hydrogens (tertiary/aromatic N) is 4. The minimum Gasteiger partial charge on any atom is -0.382 e. The molecule has 0 aliphatic rings. The van der Waals surface area contributed by atoms with Gasteiger partial charge in [0.2, 0.25) is 0 Å². The fourth-order valence-corrected chi connectivity index (χ4v) is 3.48. The van der Waals surface area contributed by atoms with Crippen LogP contribution in [0.2, 0.25) is 0 Å². The Bertz CT molecular complexity index is 1170. The van der Waals surface area contributed by atoms with Crippen LogP contribution in [0.25, 0.3) is 34.1 Å². The number of aryl methyl sites for hydroxylation is 1. The van der Waals surface area contributed by atoms with Gasteiger partial charge in [0.1, 0.15) is 16.9 Å². The molecule has 0 unspecified atom stereocenters. The van der Waals surface area contributed by atoms with Gasteiger partial charge >= 0.3 is 0 Å². The Labute approximate surface area is 170 Å². The average Bonchev–Trinajstić information content (AvgIpc) is 3.06. The van der Waals surface area contributed by atoms with Crippen LogP contribution in [0.1, 0.15) is 44.1 Å². The highest BCUT2D eigenvalue weighted by molar-refractivity contribution is 6.07. The molecule has 29 heavy (non-hydrogen) atoms. The van der Waals surface area contributed by atoms with E-state index >= 15 is 0 Å². The van der Waals surface area contributed by atoms with Crippen molar-refractivity contribution < 1.29 is 0 Å². The van der Waals surface area contributed by atoms with E-state index in [9.17, 15) is 0 Å². The molecule has 0 aliphatic carbocycles. The summed E-state index contributed by atoms with van der Waals surface area (Å²) in [5, 5.41) is 1.04. The molecule has 3 N–H and O–H groups in total. The number of imidazole rings is 1. The summed E-state index contributed by atoms with van der Waals surface area (Å²) < 4.78 is 2.09. The van der Waals surface area contributed by atoms with Crippen LogP contribution in [0.4, 0.5) is 5.82 Å². The van der Waals surface area contributed by atoms with E-state index < -0.39 is 0 Å². The lowest BCUT2D eigenvalue weighted by molar-refractivity contribution is 0.699. The molecule has 0 fully saturated rings. The maximum Gasteiger partial charge on any atom is 0.152 e. The number of nitrogens with one attached hydrogen (secondary N) is 1. The molecule has 4 aromatic rings. The molecule has 0 spiro atoms. The minimum atomic E-state index is 0.272. The Morgan fingerprint density at radius 3 is 2.69 bits per heavy atom. The Balaban J connectivity index is 1.85. The van der Waals surface area contributed by atoms with E-state index in [1.165, 1.54) is 0 Å². The van der Waals surface area contributed by atoms with Gasteiger partial charge in [-0.1, -0.05) is 31.2 Å². The number of nitrogens with two attached hydrogens (primary N) is 1. The van der Waals surface area contributed by atoms with Crippen LogP contribution in [0.15, 0.2) is 42.7 Å². The molecular formula is C23H26N6. The summed E-state index contributed by atoms with van der Waals surface area (Å²) in [4.78, 5) is 13.6. The Morgan fingerprint density at radius 1 is 1.14 bits per heavy atom. The summed E-state index contributed by atoms with van der Waals surface area (Å²) in [6, 6.07) is 10.5. The zero-order valence-corrected chi connectivity index (χ0v) is 17.1. The van der Waals surface area contributed by atoms with Gasteiger partial charge in [-0.2, -0.15) is 0 Å². The molecule has 3 aromatic heterocycles. The number of benzene rings is 1. The molecule has 6 nitrogen and oxygen atoms in total. The quantitative estimate of drug-likeness (QED) is 0.505. The van der Waals surface area contributed by atoms with Crippen LogP contribution in [-0.2, 0) is 6.42 Å². The summed E-state index contributed by atoms with van der Waals surface area (Å²) in [5.74, 6) is 1.44. The molecule has 0 saturated heterocycles. The number of anilines is 1. The fourth-order valence-electron chi connectivity index (χ4n) is 3.48. The fraction of sp³-hybridized carbons (Fsp3) is 0.261. The molecule has 0 saturated carbocycles. The van der Waals surface area contributed by atoms with E-state index in [0.717, 1.165) is 51.7 Å². The van der Waals surface area contributed by atoms with E-state index in [-0.39, 0.29) is 6.04 Å². The molecule has 0 radical (unpaired) electrons. The van der Waals surface area contributed by atoms with Crippen LogP contribution in [0.5, 0.6) is 0 Å². The zero-order valence-electron chi connectivity index (χ0n) is 17.1. The largest absolute Gasteiger partial charge is 0.382 e. The Hall–Kier alpha value is -3.41. The first-order valence-electron chi connectivity index (χ1n) is 10.0. The van der Waals surface area contributed by atoms with Gasteiger partial charge in [-0.3, -0.25) is 4.98 Å². The maximum absolute atomic E-state index is 6.31. The molecule has 0 amide bonds. The van der Waals surface area contributed by atoms with E-state index in [1.54, 1.807) is 6.20 Å². The topological polar surface area (TPSA) is 81.7 Å². The number of hydrogen-bond acceptors (Lipinski definition) is 5. The van der Waals surface area contributed by atoms with Gasteiger partial charge in [-0.15, -0.1) is 0 Å². The molecule has 6 heteroatoms. The first-order valence-corrected chi connectivity index (χ1v) is 10.0. The predicted molar refractivity (Wildman–Crippen MR) is 121 cm³/mol. The van der Waals surface area contributed by atoms with Gasteiger partial charge in [-0.05, 0) is 49.6 Å². The van der Waals surface area contributed by atoms with Crippen molar-refractivity contribution in [1.82, 2.24) is 19.6 Å².